The van der Waals surface area contributed by atoms with Crippen LogP contribution in [0.15, 0.2) is 18.2 Å². The number of nitrogens with one attached hydrogen (secondary N) is 1. The first-order valence-electron chi connectivity index (χ1n) is 6.17. The number of hydrogen-bond donors (Lipinski definition) is 2. The Balaban J connectivity index is 3.02. The second kappa shape index (κ2) is 6.65. The predicted molar refractivity (Wildman–Crippen MR) is 71.5 cm³/mol. The average molecular weight is 280 g/mol. The lowest BCUT2D eigenvalue weighted by Crippen LogP contribution is -2.26. The molecule has 0 fully saturated rings. The molecule has 0 spiro atoms. The lowest BCUT2D eigenvalue weighted by molar-refractivity contribution is -0.385. The van der Waals surface area contributed by atoms with E-state index in [0.717, 1.165) is 6.07 Å². The van der Waals surface area contributed by atoms with Gasteiger partial charge in [0.15, 0.2) is 0 Å². The van der Waals surface area contributed by atoms with Gasteiger partial charge in [0.25, 0.3) is 5.69 Å². The Bertz CT molecular complexity index is 542. The van der Waals surface area contributed by atoms with Crippen LogP contribution in [0, 0.1) is 10.1 Å². The van der Waals surface area contributed by atoms with Gasteiger partial charge in [-0.2, -0.15) is 0 Å². The second-order valence-corrected chi connectivity index (χ2v) is 4.38. The van der Waals surface area contributed by atoms with Crippen molar-refractivity contribution in [1.29, 1.82) is 0 Å². The number of carboxylic acids is 1. The molecule has 0 aromatic heterocycles. The van der Waals surface area contributed by atoms with Gasteiger partial charge in [-0.3, -0.25) is 14.9 Å². The highest BCUT2D eigenvalue weighted by atomic mass is 16.6. The summed E-state index contributed by atoms with van der Waals surface area (Å²) in [7, 11) is 0. The van der Waals surface area contributed by atoms with E-state index in [1.165, 1.54) is 12.1 Å². The van der Waals surface area contributed by atoms with Crippen LogP contribution in [-0.2, 0) is 4.79 Å². The Morgan fingerprint density at radius 2 is 2.10 bits per heavy atom. The number of carboxylic acid groups (broad SMARTS) is 1. The Morgan fingerprint density at radius 1 is 1.45 bits per heavy atom. The molecule has 1 unspecified atom stereocenters. The van der Waals surface area contributed by atoms with Crippen LogP contribution in [0.1, 0.15) is 48.7 Å². The SMILES string of the molecule is CCCC(=O)NC(C)c1ccc([N+](=O)[O-])c(C(=O)O)c1. The molecule has 7 nitrogen and oxygen atoms in total. The average Bonchev–Trinajstić information content (AvgIpc) is 2.37. The van der Waals surface area contributed by atoms with Gasteiger partial charge in [0, 0.05) is 12.5 Å². The van der Waals surface area contributed by atoms with Gasteiger partial charge in [-0.05, 0) is 25.0 Å². The fourth-order valence-electron chi connectivity index (χ4n) is 1.78. The molecule has 20 heavy (non-hydrogen) atoms. The quantitative estimate of drug-likeness (QED) is 0.613. The summed E-state index contributed by atoms with van der Waals surface area (Å²) in [5, 5.41) is 22.4. The van der Waals surface area contributed by atoms with Crippen LogP contribution in [0.2, 0.25) is 0 Å². The third kappa shape index (κ3) is 3.78. The number of amides is 1. The van der Waals surface area contributed by atoms with Gasteiger partial charge >= 0.3 is 5.97 Å². The van der Waals surface area contributed by atoms with Crippen molar-refractivity contribution in [3.8, 4) is 0 Å². The van der Waals surface area contributed by atoms with E-state index < -0.39 is 22.6 Å². The molecule has 7 heteroatoms. The molecule has 0 bridgehead atoms. The minimum absolute atomic E-state index is 0.143. The van der Waals surface area contributed by atoms with Crippen molar-refractivity contribution in [2.45, 2.75) is 32.7 Å². The van der Waals surface area contributed by atoms with Crippen LogP contribution in [0.3, 0.4) is 0 Å². The number of nitrogens with zero attached hydrogens (tertiary/aromatic N) is 1. The lowest BCUT2D eigenvalue weighted by Gasteiger charge is -2.14. The minimum Gasteiger partial charge on any atom is -0.477 e. The molecular weight excluding hydrogens is 264 g/mol. The number of nitro benzene ring substituents is 1. The number of aromatic carboxylic acids is 1. The Labute approximate surface area is 115 Å². The molecule has 0 aliphatic rings. The second-order valence-electron chi connectivity index (χ2n) is 4.38. The zero-order valence-electron chi connectivity index (χ0n) is 11.3. The van der Waals surface area contributed by atoms with E-state index in [4.69, 9.17) is 5.11 Å². The summed E-state index contributed by atoms with van der Waals surface area (Å²) in [5.41, 5.74) is -0.338. The smallest absolute Gasteiger partial charge is 0.342 e. The van der Waals surface area contributed by atoms with E-state index in [1.807, 2.05) is 6.92 Å². The zero-order valence-corrected chi connectivity index (χ0v) is 11.3. The molecular formula is C13H16N2O5. The first-order chi connectivity index (χ1) is 9.36. The first-order valence-corrected chi connectivity index (χ1v) is 6.17. The molecule has 1 amide bonds. The van der Waals surface area contributed by atoms with E-state index in [9.17, 15) is 19.7 Å². The van der Waals surface area contributed by atoms with Crippen LogP contribution in [0.5, 0.6) is 0 Å². The third-order valence-corrected chi connectivity index (χ3v) is 2.80. The Kier molecular flexibility index (Phi) is 5.19. The van der Waals surface area contributed by atoms with Crippen molar-refractivity contribution in [2.75, 3.05) is 0 Å². The maximum absolute atomic E-state index is 11.5. The summed E-state index contributed by atoms with van der Waals surface area (Å²) in [6.07, 6.45) is 1.09. The number of carbonyl (C=O) groups excluding carboxylic acids is 1. The molecule has 0 saturated heterocycles. The Morgan fingerprint density at radius 3 is 2.60 bits per heavy atom. The summed E-state index contributed by atoms with van der Waals surface area (Å²) in [4.78, 5) is 32.5. The van der Waals surface area contributed by atoms with E-state index in [0.29, 0.717) is 18.4 Å². The first kappa shape index (κ1) is 15.6. The molecule has 108 valence electrons. The van der Waals surface area contributed by atoms with Gasteiger partial charge in [-0.1, -0.05) is 13.0 Å². The van der Waals surface area contributed by atoms with Crippen molar-refractivity contribution < 1.29 is 19.6 Å². The largest absolute Gasteiger partial charge is 0.477 e. The van der Waals surface area contributed by atoms with E-state index in [2.05, 4.69) is 5.32 Å². The third-order valence-electron chi connectivity index (χ3n) is 2.80. The molecule has 1 aromatic rings. The van der Waals surface area contributed by atoms with Gasteiger partial charge in [-0.25, -0.2) is 4.79 Å². The molecule has 0 aliphatic carbocycles. The van der Waals surface area contributed by atoms with Gasteiger partial charge in [-0.15, -0.1) is 0 Å². The van der Waals surface area contributed by atoms with Crippen LogP contribution in [0.25, 0.3) is 0 Å². The zero-order chi connectivity index (χ0) is 15.3. The molecule has 1 atom stereocenters. The summed E-state index contributed by atoms with van der Waals surface area (Å²) in [6, 6.07) is 3.40. The fraction of sp³-hybridized carbons (Fsp3) is 0.385. The minimum atomic E-state index is -1.37. The van der Waals surface area contributed by atoms with Gasteiger partial charge < -0.3 is 10.4 Å². The maximum atomic E-state index is 11.5. The highest BCUT2D eigenvalue weighted by molar-refractivity contribution is 5.92. The van der Waals surface area contributed by atoms with Crippen molar-refractivity contribution >= 4 is 17.6 Å². The monoisotopic (exact) mass is 280 g/mol. The standard InChI is InChI=1S/C13H16N2O5/c1-3-4-12(16)14-8(2)9-5-6-11(15(19)20)10(7-9)13(17)18/h5-8H,3-4H2,1-2H3,(H,14,16)(H,17,18). The van der Waals surface area contributed by atoms with Gasteiger partial charge in [0.05, 0.1) is 11.0 Å². The topological polar surface area (TPSA) is 110 Å². The predicted octanol–water partition coefficient (Wildman–Crippen LogP) is 2.27. The fourth-order valence-corrected chi connectivity index (χ4v) is 1.78. The van der Waals surface area contributed by atoms with Crippen LogP contribution < -0.4 is 5.32 Å². The van der Waals surface area contributed by atoms with Crippen molar-refractivity contribution in [2.24, 2.45) is 0 Å². The number of hydrogen-bond acceptors (Lipinski definition) is 4. The van der Waals surface area contributed by atoms with E-state index in [1.54, 1.807) is 6.92 Å². The summed E-state index contributed by atoms with van der Waals surface area (Å²) in [6.45, 7) is 3.57. The highest BCUT2D eigenvalue weighted by Gasteiger charge is 2.21. The molecule has 0 saturated carbocycles. The van der Waals surface area contributed by atoms with Crippen molar-refractivity contribution in [3.05, 3.63) is 39.4 Å². The molecule has 0 radical (unpaired) electrons. The Hall–Kier alpha value is -2.44. The molecule has 2 N–H and O–H groups in total. The summed E-state index contributed by atoms with van der Waals surface area (Å²) >= 11 is 0. The van der Waals surface area contributed by atoms with Gasteiger partial charge in [0.1, 0.15) is 5.56 Å². The maximum Gasteiger partial charge on any atom is 0.342 e. The van der Waals surface area contributed by atoms with E-state index in [-0.39, 0.29) is 11.5 Å². The molecule has 1 rings (SSSR count). The number of nitro groups is 1. The van der Waals surface area contributed by atoms with Crippen molar-refractivity contribution in [1.82, 2.24) is 5.32 Å². The number of benzene rings is 1. The lowest BCUT2D eigenvalue weighted by atomic mass is 10.0. The van der Waals surface area contributed by atoms with E-state index >= 15 is 0 Å². The molecule has 0 heterocycles. The van der Waals surface area contributed by atoms with Crippen LogP contribution in [-0.4, -0.2) is 21.9 Å². The van der Waals surface area contributed by atoms with Crippen LogP contribution >= 0.6 is 0 Å². The normalized spacial score (nSPS) is 11.7. The molecule has 0 aliphatic heterocycles. The summed E-state index contributed by atoms with van der Waals surface area (Å²) < 4.78 is 0. The summed E-state index contributed by atoms with van der Waals surface area (Å²) in [5.74, 6) is -1.51. The van der Waals surface area contributed by atoms with Crippen LogP contribution in [0.4, 0.5) is 5.69 Å². The molecule has 1 aromatic carbocycles. The number of carbonyl (C=O) groups is 2. The highest BCUT2D eigenvalue weighted by Crippen LogP contribution is 2.23. The van der Waals surface area contributed by atoms with Crippen molar-refractivity contribution in [3.63, 3.8) is 0 Å². The van der Waals surface area contributed by atoms with Gasteiger partial charge in [0.2, 0.25) is 5.91 Å². The number of rotatable bonds is 6.